The molecule has 0 unspecified atom stereocenters. The number of carbonyl (C=O) groups is 1. The van der Waals surface area contributed by atoms with Gasteiger partial charge >= 0.3 is 12.4 Å². The number of amides is 1. The molecule has 0 radical (unpaired) electrons. The maximum Gasteiger partial charge on any atom is 0.416 e. The molecule has 2 aromatic heterocycles. The Hall–Kier alpha value is -2.95. The van der Waals surface area contributed by atoms with Gasteiger partial charge in [0.15, 0.2) is 5.13 Å². The third kappa shape index (κ3) is 6.51. The number of alkyl halides is 6. The fourth-order valence-corrected chi connectivity index (χ4v) is 3.62. The predicted molar refractivity (Wildman–Crippen MR) is 103 cm³/mol. The molecule has 0 aliphatic carbocycles. The highest BCUT2D eigenvalue weighted by molar-refractivity contribution is 7.15. The lowest BCUT2D eigenvalue weighted by Gasteiger charge is -2.13. The van der Waals surface area contributed by atoms with E-state index in [1.165, 1.54) is 6.20 Å². The third-order valence-electron chi connectivity index (χ3n) is 4.19. The molecule has 164 valence electrons. The highest BCUT2D eigenvalue weighted by Gasteiger charge is 2.36. The molecule has 0 aliphatic heterocycles. The molecule has 0 aliphatic rings. The van der Waals surface area contributed by atoms with Gasteiger partial charge in [0, 0.05) is 36.3 Å². The molecule has 3 aromatic rings. The van der Waals surface area contributed by atoms with Crippen molar-refractivity contribution < 1.29 is 31.1 Å². The van der Waals surface area contributed by atoms with Gasteiger partial charge in [-0.15, -0.1) is 11.3 Å². The summed E-state index contributed by atoms with van der Waals surface area (Å²) in [5.74, 6) is -0.317. The molecule has 0 saturated heterocycles. The molecule has 3 rings (SSSR count). The Morgan fingerprint density at radius 2 is 1.65 bits per heavy atom. The zero-order valence-electron chi connectivity index (χ0n) is 15.7. The number of carbonyl (C=O) groups excluding carboxylic acids is 1. The number of thiazole rings is 1. The van der Waals surface area contributed by atoms with Crippen LogP contribution in [0.2, 0.25) is 0 Å². The number of hydrogen-bond donors (Lipinski definition) is 1. The fourth-order valence-electron chi connectivity index (χ4n) is 2.76. The maximum atomic E-state index is 13.0. The first kappa shape index (κ1) is 22.7. The Bertz CT molecular complexity index is 1010. The van der Waals surface area contributed by atoms with Gasteiger partial charge in [-0.1, -0.05) is 6.07 Å². The Balaban J connectivity index is 1.68. The topological polar surface area (TPSA) is 54.9 Å². The minimum atomic E-state index is -4.91. The van der Waals surface area contributed by atoms with Gasteiger partial charge in [-0.2, -0.15) is 26.3 Å². The summed E-state index contributed by atoms with van der Waals surface area (Å²) in [7, 11) is 0. The van der Waals surface area contributed by atoms with Crippen molar-refractivity contribution in [2.45, 2.75) is 31.6 Å². The third-order valence-corrected chi connectivity index (χ3v) is 5.10. The summed E-state index contributed by atoms with van der Waals surface area (Å²) in [4.78, 5) is 20.4. The highest BCUT2D eigenvalue weighted by atomic mass is 32.1. The molecule has 0 saturated carbocycles. The summed E-state index contributed by atoms with van der Waals surface area (Å²) in [5.41, 5.74) is -2.01. The largest absolute Gasteiger partial charge is 0.416 e. The Labute approximate surface area is 177 Å². The minimum Gasteiger partial charge on any atom is -0.302 e. The molecular formula is C20H15F6N3OS. The number of nitrogens with zero attached hydrogens (tertiary/aromatic N) is 2. The number of halogens is 6. The average Bonchev–Trinajstić information content (AvgIpc) is 3.12. The van der Waals surface area contributed by atoms with E-state index in [1.807, 2.05) is 6.07 Å². The number of aromatic nitrogens is 2. The van der Waals surface area contributed by atoms with Crippen LogP contribution >= 0.6 is 11.3 Å². The van der Waals surface area contributed by atoms with Crippen LogP contribution in [0.5, 0.6) is 0 Å². The lowest BCUT2D eigenvalue weighted by molar-refractivity contribution is -0.143. The van der Waals surface area contributed by atoms with Crippen molar-refractivity contribution in [1.29, 1.82) is 0 Å². The molecule has 0 atom stereocenters. The lowest BCUT2D eigenvalue weighted by Crippen LogP contribution is -2.12. The number of rotatable bonds is 6. The van der Waals surface area contributed by atoms with Gasteiger partial charge in [0.25, 0.3) is 0 Å². The smallest absolute Gasteiger partial charge is 0.302 e. The van der Waals surface area contributed by atoms with Crippen molar-refractivity contribution in [3.63, 3.8) is 0 Å². The van der Waals surface area contributed by atoms with Crippen LogP contribution < -0.4 is 5.32 Å². The number of aryl methyl sites for hydroxylation is 1. The van der Waals surface area contributed by atoms with E-state index >= 15 is 0 Å². The van der Waals surface area contributed by atoms with Crippen molar-refractivity contribution in [3.8, 4) is 0 Å². The maximum absolute atomic E-state index is 13.0. The van der Waals surface area contributed by atoms with E-state index in [1.54, 1.807) is 18.5 Å². The summed E-state index contributed by atoms with van der Waals surface area (Å²) in [6, 6.07) is 5.02. The van der Waals surface area contributed by atoms with Crippen LogP contribution in [0.25, 0.3) is 0 Å². The molecule has 0 spiro atoms. The summed E-state index contributed by atoms with van der Waals surface area (Å²) in [6.07, 6.45) is -4.80. The first-order valence-corrected chi connectivity index (χ1v) is 9.74. The molecular weight excluding hydrogens is 444 g/mol. The van der Waals surface area contributed by atoms with Gasteiger partial charge < -0.3 is 5.32 Å². The first-order chi connectivity index (χ1) is 14.5. The van der Waals surface area contributed by atoms with Crippen LogP contribution in [0.3, 0.4) is 0 Å². The average molecular weight is 459 g/mol. The second-order valence-electron chi connectivity index (χ2n) is 6.63. The number of anilines is 1. The number of pyridine rings is 1. The Morgan fingerprint density at radius 3 is 2.23 bits per heavy atom. The zero-order valence-corrected chi connectivity index (χ0v) is 16.5. The lowest BCUT2D eigenvalue weighted by atomic mass is 10.0. The van der Waals surface area contributed by atoms with Crippen molar-refractivity contribution in [2.24, 2.45) is 0 Å². The zero-order chi connectivity index (χ0) is 22.6. The fraction of sp³-hybridized carbons (Fsp3) is 0.250. The number of benzene rings is 1. The Kier molecular flexibility index (Phi) is 6.63. The van der Waals surface area contributed by atoms with Crippen molar-refractivity contribution in [1.82, 2.24) is 9.97 Å². The first-order valence-electron chi connectivity index (χ1n) is 8.92. The molecule has 31 heavy (non-hydrogen) atoms. The van der Waals surface area contributed by atoms with Crippen LogP contribution in [-0.4, -0.2) is 15.9 Å². The summed E-state index contributed by atoms with van der Waals surface area (Å²) >= 11 is 0.987. The summed E-state index contributed by atoms with van der Waals surface area (Å²) in [6.45, 7) is 0. The highest BCUT2D eigenvalue weighted by Crippen LogP contribution is 2.37. The van der Waals surface area contributed by atoms with E-state index in [0.29, 0.717) is 23.4 Å². The van der Waals surface area contributed by atoms with Gasteiger partial charge in [-0.3, -0.25) is 9.78 Å². The molecule has 1 N–H and O–H groups in total. The van der Waals surface area contributed by atoms with Crippen LogP contribution in [0.4, 0.5) is 31.5 Å². The van der Waals surface area contributed by atoms with E-state index in [9.17, 15) is 31.1 Å². The summed E-state index contributed by atoms with van der Waals surface area (Å²) in [5, 5.41) is 2.79. The minimum absolute atomic E-state index is 0.0874. The molecule has 1 aromatic carbocycles. The number of nitrogens with one attached hydrogen (secondary N) is 1. The molecule has 1 amide bonds. The van der Waals surface area contributed by atoms with Gasteiger partial charge in [0.05, 0.1) is 11.1 Å². The van der Waals surface area contributed by atoms with Gasteiger partial charge in [0.1, 0.15) is 0 Å². The van der Waals surface area contributed by atoms with Gasteiger partial charge in [-0.25, -0.2) is 4.98 Å². The van der Waals surface area contributed by atoms with Crippen LogP contribution in [0, 0.1) is 0 Å². The molecule has 11 heteroatoms. The molecule has 4 nitrogen and oxygen atoms in total. The van der Waals surface area contributed by atoms with Crippen LogP contribution in [0.15, 0.2) is 48.9 Å². The van der Waals surface area contributed by atoms with E-state index in [-0.39, 0.29) is 35.5 Å². The monoisotopic (exact) mass is 459 g/mol. The second-order valence-corrected chi connectivity index (χ2v) is 7.75. The quantitative estimate of drug-likeness (QED) is 0.479. The predicted octanol–water partition coefficient (Wildman–Crippen LogP) is 5.74. The van der Waals surface area contributed by atoms with E-state index < -0.39 is 23.5 Å². The molecule has 0 bridgehead atoms. The number of hydrogen-bond acceptors (Lipinski definition) is 4. The van der Waals surface area contributed by atoms with Gasteiger partial charge in [-0.05, 0) is 41.8 Å². The molecule has 2 heterocycles. The van der Waals surface area contributed by atoms with Crippen molar-refractivity contribution >= 4 is 22.4 Å². The van der Waals surface area contributed by atoms with E-state index in [4.69, 9.17) is 0 Å². The van der Waals surface area contributed by atoms with E-state index in [0.717, 1.165) is 16.9 Å². The Morgan fingerprint density at radius 1 is 0.968 bits per heavy atom. The van der Waals surface area contributed by atoms with Crippen molar-refractivity contribution in [3.05, 3.63) is 76.1 Å². The summed E-state index contributed by atoms with van der Waals surface area (Å²) < 4.78 is 77.9. The SMILES string of the molecule is O=C(CCc1cccnc1)Nc1ncc(Cc2cc(C(F)(F)F)cc(C(F)(F)F)c2)s1. The van der Waals surface area contributed by atoms with Gasteiger partial charge in [0.2, 0.25) is 5.91 Å². The van der Waals surface area contributed by atoms with Crippen LogP contribution in [-0.2, 0) is 30.0 Å². The second kappa shape index (κ2) is 9.04. The standard InChI is InChI=1S/C20H15F6N3OS/c21-19(22,23)14-6-13(7-15(9-14)20(24,25)26)8-16-11-28-18(31-16)29-17(30)4-3-12-2-1-5-27-10-12/h1-2,5-7,9-11H,3-4,8H2,(H,28,29,30). The van der Waals surface area contributed by atoms with E-state index in [2.05, 4.69) is 15.3 Å². The molecule has 0 fully saturated rings. The normalized spacial score (nSPS) is 12.1. The van der Waals surface area contributed by atoms with Crippen molar-refractivity contribution in [2.75, 3.05) is 5.32 Å². The van der Waals surface area contributed by atoms with Crippen LogP contribution in [0.1, 0.15) is 33.6 Å².